The highest BCUT2D eigenvalue weighted by molar-refractivity contribution is 6.34. The van der Waals surface area contributed by atoms with Crippen molar-refractivity contribution in [2.75, 3.05) is 31.5 Å². The van der Waals surface area contributed by atoms with Crippen molar-refractivity contribution >= 4 is 35.6 Å². The Morgan fingerprint density at radius 3 is 2.60 bits per heavy atom. The lowest BCUT2D eigenvalue weighted by molar-refractivity contribution is 0.0530. The van der Waals surface area contributed by atoms with Crippen molar-refractivity contribution in [1.29, 1.82) is 0 Å². The molecule has 4 nitrogen and oxygen atoms in total. The van der Waals surface area contributed by atoms with E-state index in [4.69, 9.17) is 11.6 Å². The summed E-state index contributed by atoms with van der Waals surface area (Å²) in [6, 6.07) is 6.06. The SMILES string of the molecule is CC1CN(C(=O)c2ccc(NC3CNC3)cc2Cl)C1.Cl. The van der Waals surface area contributed by atoms with Gasteiger partial charge in [0, 0.05) is 31.9 Å². The second kappa shape index (κ2) is 6.20. The van der Waals surface area contributed by atoms with Gasteiger partial charge in [0.25, 0.3) is 5.91 Å². The number of nitrogens with zero attached hydrogens (tertiary/aromatic N) is 1. The molecule has 1 aromatic rings. The van der Waals surface area contributed by atoms with E-state index in [-0.39, 0.29) is 18.3 Å². The quantitative estimate of drug-likeness (QED) is 0.899. The van der Waals surface area contributed by atoms with Gasteiger partial charge in [-0.25, -0.2) is 0 Å². The number of carbonyl (C=O) groups excluding carboxylic acids is 1. The van der Waals surface area contributed by atoms with Crippen molar-refractivity contribution in [3.63, 3.8) is 0 Å². The largest absolute Gasteiger partial charge is 0.380 e. The minimum atomic E-state index is 0. The first-order valence-electron chi connectivity index (χ1n) is 6.69. The molecule has 0 aromatic heterocycles. The van der Waals surface area contributed by atoms with Crippen molar-refractivity contribution in [1.82, 2.24) is 10.2 Å². The van der Waals surface area contributed by atoms with Crippen molar-refractivity contribution in [2.24, 2.45) is 5.92 Å². The van der Waals surface area contributed by atoms with Gasteiger partial charge < -0.3 is 15.5 Å². The number of carbonyl (C=O) groups is 1. The fraction of sp³-hybridized carbons (Fsp3) is 0.500. The third kappa shape index (κ3) is 3.03. The van der Waals surface area contributed by atoms with Gasteiger partial charge in [-0.2, -0.15) is 0 Å². The monoisotopic (exact) mass is 315 g/mol. The summed E-state index contributed by atoms with van der Waals surface area (Å²) in [4.78, 5) is 14.0. The van der Waals surface area contributed by atoms with Gasteiger partial charge in [-0.3, -0.25) is 4.79 Å². The summed E-state index contributed by atoms with van der Waals surface area (Å²) in [6.07, 6.45) is 0. The highest BCUT2D eigenvalue weighted by atomic mass is 35.5. The van der Waals surface area contributed by atoms with E-state index in [1.165, 1.54) is 0 Å². The van der Waals surface area contributed by atoms with Crippen LogP contribution in [0.5, 0.6) is 0 Å². The smallest absolute Gasteiger partial charge is 0.255 e. The van der Waals surface area contributed by atoms with Crippen LogP contribution >= 0.6 is 24.0 Å². The maximum absolute atomic E-state index is 12.2. The molecule has 0 bridgehead atoms. The van der Waals surface area contributed by atoms with E-state index in [2.05, 4.69) is 17.6 Å². The average molecular weight is 316 g/mol. The molecule has 3 rings (SSSR count). The Labute approximate surface area is 130 Å². The van der Waals surface area contributed by atoms with Crippen LogP contribution in [0.4, 0.5) is 5.69 Å². The molecule has 2 N–H and O–H groups in total. The Kier molecular flexibility index (Phi) is 4.78. The van der Waals surface area contributed by atoms with Crippen molar-refractivity contribution in [3.05, 3.63) is 28.8 Å². The van der Waals surface area contributed by atoms with E-state index in [1.54, 1.807) is 0 Å². The molecule has 6 heteroatoms. The summed E-state index contributed by atoms with van der Waals surface area (Å²) in [5, 5.41) is 7.11. The first kappa shape index (κ1) is 15.4. The van der Waals surface area contributed by atoms with Crippen LogP contribution in [0, 0.1) is 5.92 Å². The number of halogens is 2. The van der Waals surface area contributed by atoms with Crippen molar-refractivity contribution in [3.8, 4) is 0 Å². The molecular formula is C14H19Cl2N3O. The van der Waals surface area contributed by atoms with Crippen LogP contribution in [0.15, 0.2) is 18.2 Å². The third-order valence-electron chi connectivity index (χ3n) is 3.70. The van der Waals surface area contributed by atoms with Gasteiger partial charge in [-0.05, 0) is 24.1 Å². The van der Waals surface area contributed by atoms with Crippen LogP contribution in [-0.2, 0) is 0 Å². The molecule has 2 aliphatic rings. The zero-order valence-corrected chi connectivity index (χ0v) is 12.9. The molecule has 0 atom stereocenters. The number of hydrogen-bond acceptors (Lipinski definition) is 3. The number of nitrogens with one attached hydrogen (secondary N) is 2. The summed E-state index contributed by atoms with van der Waals surface area (Å²) in [5.74, 6) is 0.648. The minimum absolute atomic E-state index is 0. The second-order valence-corrected chi connectivity index (χ2v) is 5.92. The molecule has 2 fully saturated rings. The van der Waals surface area contributed by atoms with E-state index in [9.17, 15) is 4.79 Å². The van der Waals surface area contributed by atoms with Gasteiger partial charge >= 0.3 is 0 Å². The molecule has 1 aromatic carbocycles. The molecule has 0 saturated carbocycles. The Bertz CT molecular complexity index is 499. The van der Waals surface area contributed by atoms with Crippen LogP contribution in [-0.4, -0.2) is 43.0 Å². The summed E-state index contributed by atoms with van der Waals surface area (Å²) in [6.45, 7) is 5.77. The highest BCUT2D eigenvalue weighted by Crippen LogP contribution is 2.26. The van der Waals surface area contributed by atoms with E-state index in [1.807, 2.05) is 23.1 Å². The average Bonchev–Trinajstić information content (AvgIpc) is 2.29. The van der Waals surface area contributed by atoms with Crippen molar-refractivity contribution in [2.45, 2.75) is 13.0 Å². The van der Waals surface area contributed by atoms with Crippen LogP contribution < -0.4 is 10.6 Å². The van der Waals surface area contributed by atoms with Gasteiger partial charge in [0.1, 0.15) is 0 Å². The Balaban J connectivity index is 0.00000147. The maximum Gasteiger partial charge on any atom is 0.255 e. The number of hydrogen-bond donors (Lipinski definition) is 2. The summed E-state index contributed by atoms with van der Waals surface area (Å²) in [5.41, 5.74) is 1.58. The van der Waals surface area contributed by atoms with Gasteiger partial charge in [0.2, 0.25) is 0 Å². The highest BCUT2D eigenvalue weighted by Gasteiger charge is 2.29. The first-order chi connectivity index (χ1) is 9.13. The lowest BCUT2D eigenvalue weighted by Gasteiger charge is -2.37. The van der Waals surface area contributed by atoms with E-state index in [0.29, 0.717) is 22.5 Å². The molecule has 0 spiro atoms. The molecule has 0 radical (unpaired) electrons. The molecule has 1 amide bonds. The van der Waals surface area contributed by atoms with Gasteiger partial charge in [0.15, 0.2) is 0 Å². The predicted molar refractivity (Wildman–Crippen MR) is 84.0 cm³/mol. The molecule has 110 valence electrons. The van der Waals surface area contributed by atoms with Crippen LogP contribution in [0.1, 0.15) is 17.3 Å². The minimum Gasteiger partial charge on any atom is -0.380 e. The summed E-state index contributed by atoms with van der Waals surface area (Å²) >= 11 is 6.23. The zero-order valence-electron chi connectivity index (χ0n) is 11.4. The van der Waals surface area contributed by atoms with Crippen LogP contribution in [0.2, 0.25) is 5.02 Å². The normalized spacial score (nSPS) is 18.8. The maximum atomic E-state index is 12.2. The molecule has 0 aliphatic carbocycles. The Hall–Kier alpha value is -0.970. The van der Waals surface area contributed by atoms with E-state index in [0.717, 1.165) is 31.9 Å². The molecular weight excluding hydrogens is 297 g/mol. The van der Waals surface area contributed by atoms with Crippen molar-refractivity contribution < 1.29 is 4.79 Å². The summed E-state index contributed by atoms with van der Waals surface area (Å²) in [7, 11) is 0. The van der Waals surface area contributed by atoms with Crippen LogP contribution in [0.3, 0.4) is 0 Å². The lowest BCUT2D eigenvalue weighted by atomic mass is 10.0. The topological polar surface area (TPSA) is 44.4 Å². The number of anilines is 1. The Morgan fingerprint density at radius 1 is 1.40 bits per heavy atom. The third-order valence-corrected chi connectivity index (χ3v) is 4.02. The number of likely N-dealkylation sites (tertiary alicyclic amines) is 1. The molecule has 2 heterocycles. The van der Waals surface area contributed by atoms with Gasteiger partial charge in [0.05, 0.1) is 16.6 Å². The molecule has 0 unspecified atom stereocenters. The lowest BCUT2D eigenvalue weighted by Crippen LogP contribution is -2.51. The number of benzene rings is 1. The summed E-state index contributed by atoms with van der Waals surface area (Å²) < 4.78 is 0. The molecule has 20 heavy (non-hydrogen) atoms. The van der Waals surface area contributed by atoms with E-state index < -0.39 is 0 Å². The first-order valence-corrected chi connectivity index (χ1v) is 7.07. The van der Waals surface area contributed by atoms with Gasteiger partial charge in [-0.15, -0.1) is 12.4 Å². The van der Waals surface area contributed by atoms with E-state index >= 15 is 0 Å². The van der Waals surface area contributed by atoms with Crippen LogP contribution in [0.25, 0.3) is 0 Å². The zero-order chi connectivity index (χ0) is 13.4. The predicted octanol–water partition coefficient (Wildman–Crippen LogP) is 2.24. The number of rotatable bonds is 3. The Morgan fingerprint density at radius 2 is 2.10 bits per heavy atom. The fourth-order valence-electron chi connectivity index (χ4n) is 2.44. The molecule has 2 aliphatic heterocycles. The molecule has 2 saturated heterocycles. The van der Waals surface area contributed by atoms with Gasteiger partial charge in [-0.1, -0.05) is 18.5 Å². The fourth-order valence-corrected chi connectivity index (χ4v) is 2.70. The second-order valence-electron chi connectivity index (χ2n) is 5.51. The number of amides is 1. The standard InChI is InChI=1S/C14H18ClN3O.ClH/c1-9-7-18(8-9)14(19)12-3-2-10(4-13(12)15)17-11-5-16-6-11;/h2-4,9,11,16-17H,5-8H2,1H3;1H.